The normalized spacial score (nSPS) is 15.0. The molecule has 10 heteroatoms. The lowest BCUT2D eigenvalue weighted by Gasteiger charge is -2.20. The Morgan fingerprint density at radius 3 is 1.82 bits per heavy atom. The lowest BCUT2D eigenvalue weighted by Crippen LogP contribution is -2.21. The maximum absolute atomic E-state index is 12.8. The fraction of sp³-hybridized carbons (Fsp3) is 0.500. The second kappa shape index (κ2) is 5.98. The number of hydrogen-bond donors (Lipinski definition) is 1. The van der Waals surface area contributed by atoms with Crippen molar-refractivity contribution in [1.82, 2.24) is 0 Å². The van der Waals surface area contributed by atoms with Crippen LogP contribution in [-0.2, 0) is 12.4 Å². The van der Waals surface area contributed by atoms with Gasteiger partial charge in [-0.25, -0.2) is 0 Å². The maximum atomic E-state index is 12.8. The van der Waals surface area contributed by atoms with Gasteiger partial charge in [0.2, 0.25) is 0 Å². The molecule has 0 aliphatic heterocycles. The summed E-state index contributed by atoms with van der Waals surface area (Å²) in [4.78, 5) is 0. The van der Waals surface area contributed by atoms with Gasteiger partial charge >= 0.3 is 18.5 Å². The van der Waals surface area contributed by atoms with Gasteiger partial charge in [0, 0.05) is 12.5 Å². The molecule has 0 saturated heterocycles. The molecule has 2 N–H and O–H groups in total. The average Bonchev–Trinajstić information content (AvgIpc) is 2.32. The van der Waals surface area contributed by atoms with E-state index in [1.54, 1.807) is 0 Å². The molecular formula is C12H10F9N. The second-order valence-corrected chi connectivity index (χ2v) is 4.56. The summed E-state index contributed by atoms with van der Waals surface area (Å²) in [6.45, 7) is 0. The molecule has 22 heavy (non-hydrogen) atoms. The van der Waals surface area contributed by atoms with Crippen molar-refractivity contribution in [2.45, 2.75) is 37.4 Å². The third kappa shape index (κ3) is 5.08. The van der Waals surface area contributed by atoms with Gasteiger partial charge in [0.05, 0.1) is 11.1 Å². The van der Waals surface area contributed by atoms with E-state index in [2.05, 4.69) is 0 Å². The smallest absolute Gasteiger partial charge is 0.324 e. The Morgan fingerprint density at radius 2 is 1.41 bits per heavy atom. The van der Waals surface area contributed by atoms with Gasteiger partial charge < -0.3 is 5.73 Å². The molecule has 0 spiro atoms. The molecule has 1 atom stereocenters. The third-order valence-electron chi connectivity index (χ3n) is 2.82. The molecule has 0 bridgehead atoms. The monoisotopic (exact) mass is 339 g/mol. The van der Waals surface area contributed by atoms with Crippen molar-refractivity contribution in [2.24, 2.45) is 5.73 Å². The lowest BCUT2D eigenvalue weighted by molar-refractivity contribution is -0.142. The standard InChI is InChI=1S/C12H10F9N/c13-10(14,15)4-3-9(22)7-5-6(11(16,17)18)1-2-8(7)12(19,20)21/h1-2,5,9H,3-4,22H2/t9-/m1/s1. The molecular weight excluding hydrogens is 329 g/mol. The van der Waals surface area contributed by atoms with Gasteiger partial charge in [0.15, 0.2) is 0 Å². The van der Waals surface area contributed by atoms with E-state index in [1.807, 2.05) is 0 Å². The Labute approximate surface area is 118 Å². The quantitative estimate of drug-likeness (QED) is 0.765. The molecule has 1 rings (SSSR count). The minimum atomic E-state index is -5.02. The molecule has 0 aliphatic carbocycles. The van der Waals surface area contributed by atoms with Crippen molar-refractivity contribution in [1.29, 1.82) is 0 Å². The molecule has 0 aromatic heterocycles. The predicted molar refractivity (Wildman–Crippen MR) is 58.7 cm³/mol. The van der Waals surface area contributed by atoms with Gasteiger partial charge in [-0.15, -0.1) is 0 Å². The van der Waals surface area contributed by atoms with E-state index in [4.69, 9.17) is 5.73 Å². The van der Waals surface area contributed by atoms with Gasteiger partial charge in [-0.1, -0.05) is 0 Å². The Bertz CT molecular complexity index is 513. The first-order chi connectivity index (χ1) is 9.72. The van der Waals surface area contributed by atoms with E-state index in [-0.39, 0.29) is 18.2 Å². The van der Waals surface area contributed by atoms with Crippen LogP contribution in [0.25, 0.3) is 0 Å². The molecule has 0 fully saturated rings. The van der Waals surface area contributed by atoms with E-state index >= 15 is 0 Å². The number of hydrogen-bond acceptors (Lipinski definition) is 1. The molecule has 1 aromatic rings. The van der Waals surface area contributed by atoms with Crippen LogP contribution in [-0.4, -0.2) is 6.18 Å². The largest absolute Gasteiger partial charge is 0.416 e. The summed E-state index contributed by atoms with van der Waals surface area (Å²) < 4.78 is 112. The second-order valence-electron chi connectivity index (χ2n) is 4.56. The molecule has 0 unspecified atom stereocenters. The third-order valence-corrected chi connectivity index (χ3v) is 2.82. The first-order valence-electron chi connectivity index (χ1n) is 5.82. The fourth-order valence-corrected chi connectivity index (χ4v) is 1.78. The van der Waals surface area contributed by atoms with Crippen LogP contribution >= 0.6 is 0 Å². The summed E-state index contributed by atoms with van der Waals surface area (Å²) >= 11 is 0. The summed E-state index contributed by atoms with van der Waals surface area (Å²) in [5.41, 5.74) is 1.36. The lowest BCUT2D eigenvalue weighted by atomic mass is 9.94. The van der Waals surface area contributed by atoms with Crippen LogP contribution < -0.4 is 5.73 Å². The van der Waals surface area contributed by atoms with E-state index < -0.39 is 54.1 Å². The van der Waals surface area contributed by atoms with Gasteiger partial charge in [0.1, 0.15) is 0 Å². The molecule has 0 amide bonds. The molecule has 0 saturated carbocycles. The fourth-order valence-electron chi connectivity index (χ4n) is 1.78. The van der Waals surface area contributed by atoms with E-state index in [0.717, 1.165) is 0 Å². The molecule has 1 aromatic carbocycles. The van der Waals surface area contributed by atoms with Crippen molar-refractivity contribution >= 4 is 0 Å². The molecule has 0 radical (unpaired) electrons. The highest BCUT2D eigenvalue weighted by Crippen LogP contribution is 2.39. The van der Waals surface area contributed by atoms with Gasteiger partial charge in [-0.05, 0) is 30.2 Å². The summed E-state index contributed by atoms with van der Waals surface area (Å²) in [7, 11) is 0. The van der Waals surface area contributed by atoms with Crippen LogP contribution in [0.1, 0.15) is 35.6 Å². The summed E-state index contributed by atoms with van der Waals surface area (Å²) in [6.07, 6.45) is -17.1. The summed E-state index contributed by atoms with van der Waals surface area (Å²) in [6, 6.07) is -1.29. The zero-order chi connectivity index (χ0) is 17.3. The Kier molecular flexibility index (Phi) is 5.05. The summed E-state index contributed by atoms with van der Waals surface area (Å²) in [5.74, 6) is 0. The van der Waals surface area contributed by atoms with Crippen LogP contribution in [0.3, 0.4) is 0 Å². The minimum Gasteiger partial charge on any atom is -0.324 e. The van der Waals surface area contributed by atoms with Crippen molar-refractivity contribution in [3.8, 4) is 0 Å². The van der Waals surface area contributed by atoms with Crippen molar-refractivity contribution in [2.75, 3.05) is 0 Å². The zero-order valence-electron chi connectivity index (χ0n) is 10.7. The van der Waals surface area contributed by atoms with Crippen molar-refractivity contribution in [3.63, 3.8) is 0 Å². The van der Waals surface area contributed by atoms with Crippen LogP contribution in [0.2, 0.25) is 0 Å². The molecule has 0 heterocycles. The molecule has 126 valence electrons. The number of nitrogens with two attached hydrogens (primary N) is 1. The van der Waals surface area contributed by atoms with Gasteiger partial charge in [0.25, 0.3) is 0 Å². The topological polar surface area (TPSA) is 26.0 Å². The van der Waals surface area contributed by atoms with Crippen molar-refractivity contribution < 1.29 is 39.5 Å². The highest BCUT2D eigenvalue weighted by Gasteiger charge is 2.38. The number of rotatable bonds is 3. The van der Waals surface area contributed by atoms with E-state index in [1.165, 1.54) is 0 Å². The van der Waals surface area contributed by atoms with Crippen LogP contribution in [0.4, 0.5) is 39.5 Å². The highest BCUT2D eigenvalue weighted by molar-refractivity contribution is 5.37. The van der Waals surface area contributed by atoms with Gasteiger partial charge in [-0.3, -0.25) is 0 Å². The Hall–Kier alpha value is -1.45. The first kappa shape index (κ1) is 18.6. The first-order valence-corrected chi connectivity index (χ1v) is 5.82. The molecule has 0 aliphatic rings. The highest BCUT2D eigenvalue weighted by atomic mass is 19.4. The predicted octanol–water partition coefficient (Wildman–Crippen LogP) is 5.07. The van der Waals surface area contributed by atoms with E-state index in [9.17, 15) is 39.5 Å². The molecule has 1 nitrogen and oxygen atoms in total. The van der Waals surface area contributed by atoms with Crippen LogP contribution in [0.15, 0.2) is 18.2 Å². The maximum Gasteiger partial charge on any atom is 0.416 e. The zero-order valence-corrected chi connectivity index (χ0v) is 10.7. The van der Waals surface area contributed by atoms with E-state index in [0.29, 0.717) is 0 Å². The van der Waals surface area contributed by atoms with Crippen LogP contribution in [0.5, 0.6) is 0 Å². The van der Waals surface area contributed by atoms with Gasteiger partial charge in [-0.2, -0.15) is 39.5 Å². The Morgan fingerprint density at radius 1 is 0.864 bits per heavy atom. The summed E-state index contributed by atoms with van der Waals surface area (Å²) in [5, 5.41) is 0. The number of benzene rings is 1. The average molecular weight is 339 g/mol. The SMILES string of the molecule is N[C@H](CCC(F)(F)F)c1cc(C(F)(F)F)ccc1C(F)(F)F. The minimum absolute atomic E-state index is 0.143. The van der Waals surface area contributed by atoms with Crippen LogP contribution in [0, 0.1) is 0 Å². The number of halogens is 9. The Balaban J connectivity index is 3.22. The number of alkyl halides is 9. The van der Waals surface area contributed by atoms with Crippen molar-refractivity contribution in [3.05, 3.63) is 34.9 Å².